The van der Waals surface area contributed by atoms with Gasteiger partial charge in [-0.3, -0.25) is 9.59 Å². The molecular weight excluding hydrogens is 414 g/mol. The van der Waals surface area contributed by atoms with Gasteiger partial charge in [0.05, 0.1) is 28.6 Å². The van der Waals surface area contributed by atoms with E-state index < -0.39 is 0 Å². The van der Waals surface area contributed by atoms with Crippen molar-refractivity contribution in [3.63, 3.8) is 0 Å². The van der Waals surface area contributed by atoms with Crippen molar-refractivity contribution in [2.45, 2.75) is 19.4 Å². The van der Waals surface area contributed by atoms with Gasteiger partial charge < -0.3 is 20.3 Å². The minimum absolute atomic E-state index is 0.0375. The van der Waals surface area contributed by atoms with Gasteiger partial charge in [-0.25, -0.2) is 0 Å². The van der Waals surface area contributed by atoms with Crippen LogP contribution in [0, 0.1) is 0 Å². The predicted molar refractivity (Wildman–Crippen MR) is 123 cm³/mol. The molecule has 1 aliphatic rings. The lowest BCUT2D eigenvalue weighted by Gasteiger charge is -2.28. The van der Waals surface area contributed by atoms with Gasteiger partial charge in [-0.1, -0.05) is 48.0 Å². The number of halogens is 1. The number of rotatable bonds is 5. The second kappa shape index (κ2) is 9.10. The molecule has 0 radical (unpaired) electrons. The summed E-state index contributed by atoms with van der Waals surface area (Å²) in [5, 5.41) is 6.54. The lowest BCUT2D eigenvalue weighted by molar-refractivity contribution is -0.118. The molecule has 0 aliphatic carbocycles. The van der Waals surface area contributed by atoms with Crippen LogP contribution in [0.1, 0.15) is 13.3 Å². The Balaban J connectivity index is 1.53. The lowest BCUT2D eigenvalue weighted by Crippen LogP contribution is -2.42. The van der Waals surface area contributed by atoms with Gasteiger partial charge in [-0.15, -0.1) is 0 Å². The van der Waals surface area contributed by atoms with E-state index in [0.717, 1.165) is 0 Å². The average molecular weight is 436 g/mol. The SMILES string of the molecule is C[C@H]1CC(=O)Nc2ccccc2N1C(=O)CNc1ccccc1Oc1ccccc1Cl. The van der Waals surface area contributed by atoms with E-state index in [1.165, 1.54) is 0 Å². The number of amides is 2. The number of nitrogens with zero attached hydrogens (tertiary/aromatic N) is 1. The Labute approximate surface area is 185 Å². The molecular formula is C24H22ClN3O3. The van der Waals surface area contributed by atoms with Crippen LogP contribution < -0.4 is 20.3 Å². The summed E-state index contributed by atoms with van der Waals surface area (Å²) in [7, 11) is 0. The molecule has 3 aromatic rings. The number of carbonyl (C=O) groups excluding carboxylic acids is 2. The fraction of sp³-hybridized carbons (Fsp3) is 0.167. The van der Waals surface area contributed by atoms with Gasteiger partial charge >= 0.3 is 0 Å². The number of fused-ring (bicyclic) bond motifs is 1. The number of anilines is 3. The molecule has 158 valence electrons. The minimum atomic E-state index is -0.271. The number of ether oxygens (including phenoxy) is 1. The molecule has 0 unspecified atom stereocenters. The van der Waals surface area contributed by atoms with E-state index >= 15 is 0 Å². The van der Waals surface area contributed by atoms with Crippen molar-refractivity contribution in [2.75, 3.05) is 22.1 Å². The van der Waals surface area contributed by atoms with E-state index in [-0.39, 0.29) is 30.8 Å². The van der Waals surface area contributed by atoms with Crippen molar-refractivity contribution in [1.82, 2.24) is 0 Å². The number of benzene rings is 3. The Morgan fingerprint density at radius 2 is 1.74 bits per heavy atom. The van der Waals surface area contributed by atoms with E-state index in [4.69, 9.17) is 16.3 Å². The highest BCUT2D eigenvalue weighted by Gasteiger charge is 2.29. The molecule has 7 heteroatoms. The number of para-hydroxylation sites is 5. The van der Waals surface area contributed by atoms with Gasteiger partial charge in [0.25, 0.3) is 0 Å². The van der Waals surface area contributed by atoms with Crippen LogP contribution in [0.4, 0.5) is 17.1 Å². The van der Waals surface area contributed by atoms with Gasteiger partial charge in [0, 0.05) is 12.5 Å². The van der Waals surface area contributed by atoms with E-state index in [1.54, 1.807) is 23.1 Å². The molecule has 1 aliphatic heterocycles. The van der Waals surface area contributed by atoms with Crippen LogP contribution in [0.2, 0.25) is 5.02 Å². The summed E-state index contributed by atoms with van der Waals surface area (Å²) in [6, 6.07) is 21.6. The molecule has 2 amide bonds. The minimum Gasteiger partial charge on any atom is -0.454 e. The van der Waals surface area contributed by atoms with Crippen molar-refractivity contribution in [2.24, 2.45) is 0 Å². The maximum atomic E-state index is 13.2. The van der Waals surface area contributed by atoms with Crippen molar-refractivity contribution in [1.29, 1.82) is 0 Å². The van der Waals surface area contributed by atoms with Crippen LogP contribution in [-0.2, 0) is 9.59 Å². The Kier molecular flexibility index (Phi) is 6.09. The first-order valence-corrected chi connectivity index (χ1v) is 10.4. The first-order valence-electron chi connectivity index (χ1n) is 9.99. The van der Waals surface area contributed by atoms with E-state index in [1.807, 2.05) is 61.5 Å². The smallest absolute Gasteiger partial charge is 0.246 e. The zero-order valence-corrected chi connectivity index (χ0v) is 17.7. The molecule has 0 fully saturated rings. The van der Waals surface area contributed by atoms with Gasteiger partial charge in [0.1, 0.15) is 5.75 Å². The van der Waals surface area contributed by atoms with E-state index in [9.17, 15) is 9.59 Å². The third kappa shape index (κ3) is 4.64. The highest BCUT2D eigenvalue weighted by molar-refractivity contribution is 6.32. The Morgan fingerprint density at radius 1 is 1.06 bits per heavy atom. The number of carbonyl (C=O) groups is 2. The van der Waals surface area contributed by atoms with Crippen molar-refractivity contribution in [3.05, 3.63) is 77.8 Å². The van der Waals surface area contributed by atoms with Gasteiger partial charge in [0.15, 0.2) is 5.75 Å². The zero-order valence-electron chi connectivity index (χ0n) is 17.0. The van der Waals surface area contributed by atoms with Crippen molar-refractivity contribution < 1.29 is 14.3 Å². The van der Waals surface area contributed by atoms with Gasteiger partial charge in [0.2, 0.25) is 11.8 Å². The monoisotopic (exact) mass is 435 g/mol. The summed E-state index contributed by atoms with van der Waals surface area (Å²) < 4.78 is 5.96. The topological polar surface area (TPSA) is 70.7 Å². The molecule has 0 aromatic heterocycles. The maximum Gasteiger partial charge on any atom is 0.246 e. The summed E-state index contributed by atoms with van der Waals surface area (Å²) in [6.45, 7) is 1.91. The van der Waals surface area contributed by atoms with E-state index in [2.05, 4.69) is 10.6 Å². The van der Waals surface area contributed by atoms with Crippen LogP contribution in [0.5, 0.6) is 11.5 Å². The first-order chi connectivity index (χ1) is 15.0. The lowest BCUT2D eigenvalue weighted by atomic mass is 10.1. The Hall–Kier alpha value is -3.51. The summed E-state index contributed by atoms with van der Waals surface area (Å²) in [6.07, 6.45) is 0.229. The number of hydrogen-bond acceptors (Lipinski definition) is 4. The molecule has 0 saturated heterocycles. The fourth-order valence-corrected chi connectivity index (χ4v) is 3.75. The molecule has 0 bridgehead atoms. The molecule has 6 nitrogen and oxygen atoms in total. The van der Waals surface area contributed by atoms with Crippen molar-refractivity contribution in [3.8, 4) is 11.5 Å². The third-order valence-electron chi connectivity index (χ3n) is 5.00. The molecule has 0 spiro atoms. The van der Waals surface area contributed by atoms with Gasteiger partial charge in [-0.05, 0) is 43.3 Å². The molecule has 2 N–H and O–H groups in total. The predicted octanol–water partition coefficient (Wildman–Crippen LogP) is 5.31. The summed E-state index contributed by atoms with van der Waals surface area (Å²) in [4.78, 5) is 27.0. The third-order valence-corrected chi connectivity index (χ3v) is 5.31. The van der Waals surface area contributed by atoms with Crippen LogP contribution in [-0.4, -0.2) is 24.4 Å². The van der Waals surface area contributed by atoms with Crippen molar-refractivity contribution >= 4 is 40.5 Å². The molecule has 1 heterocycles. The fourth-order valence-electron chi connectivity index (χ4n) is 3.57. The maximum absolute atomic E-state index is 13.2. The molecule has 3 aromatic carbocycles. The van der Waals surface area contributed by atoms with E-state index in [0.29, 0.717) is 33.6 Å². The summed E-state index contributed by atoms with van der Waals surface area (Å²) >= 11 is 6.21. The normalized spacial score (nSPS) is 15.5. The van der Waals surface area contributed by atoms with Crippen LogP contribution >= 0.6 is 11.6 Å². The first kappa shape index (κ1) is 20.8. The van der Waals surface area contributed by atoms with Crippen LogP contribution in [0.25, 0.3) is 0 Å². The van der Waals surface area contributed by atoms with Crippen LogP contribution in [0.3, 0.4) is 0 Å². The second-order valence-corrected chi connectivity index (χ2v) is 7.67. The number of hydrogen-bond donors (Lipinski definition) is 2. The Morgan fingerprint density at radius 3 is 2.55 bits per heavy atom. The summed E-state index contributed by atoms with van der Waals surface area (Å²) in [5.74, 6) is 0.833. The zero-order chi connectivity index (χ0) is 21.8. The molecule has 1 atom stereocenters. The van der Waals surface area contributed by atoms with Gasteiger partial charge in [-0.2, -0.15) is 0 Å². The highest BCUT2D eigenvalue weighted by Crippen LogP contribution is 2.34. The van der Waals surface area contributed by atoms with Crippen LogP contribution in [0.15, 0.2) is 72.8 Å². The number of nitrogens with one attached hydrogen (secondary N) is 2. The standard InChI is InChI=1S/C24H22ClN3O3/c1-16-14-23(29)27-18-9-3-5-11-20(18)28(16)24(30)15-26-19-10-4-7-13-22(19)31-21-12-6-2-8-17(21)25/h2-13,16,26H,14-15H2,1H3,(H,27,29)/t16-/m0/s1. The average Bonchev–Trinajstić information content (AvgIpc) is 2.88. The summed E-state index contributed by atoms with van der Waals surface area (Å²) in [5.41, 5.74) is 1.99. The quantitative estimate of drug-likeness (QED) is 0.569. The molecule has 4 rings (SSSR count). The Bertz CT molecular complexity index is 1120. The highest BCUT2D eigenvalue weighted by atomic mass is 35.5. The largest absolute Gasteiger partial charge is 0.454 e. The molecule has 31 heavy (non-hydrogen) atoms. The second-order valence-electron chi connectivity index (χ2n) is 7.26. The molecule has 0 saturated carbocycles.